The van der Waals surface area contributed by atoms with Crippen molar-refractivity contribution in [2.45, 2.75) is 5.03 Å². The molecule has 4 aromatic carbocycles. The SMILES string of the molecule is O=S(=O)(O)c1ccccn1.[Ir].[c-]1ccc2oc3ccccc3c2c1-c1cc2c3c(cccc3n1)-c1ccccc1-2. The number of para-hydroxylation sites is 1. The quantitative estimate of drug-likeness (QED) is 0.146. The summed E-state index contributed by atoms with van der Waals surface area (Å²) in [5.41, 5.74) is 9.75. The Morgan fingerprint density at radius 1 is 0.725 bits per heavy atom. The maximum Gasteiger partial charge on any atom is 0.312 e. The number of hydrogen-bond acceptors (Lipinski definition) is 5. The van der Waals surface area contributed by atoms with Gasteiger partial charge in [-0.15, -0.1) is 17.7 Å². The van der Waals surface area contributed by atoms with Crippen LogP contribution in [0.1, 0.15) is 0 Å². The van der Waals surface area contributed by atoms with Gasteiger partial charge in [-0.25, -0.2) is 4.98 Å². The van der Waals surface area contributed by atoms with Crippen LogP contribution >= 0.6 is 0 Å². The summed E-state index contributed by atoms with van der Waals surface area (Å²) in [4.78, 5) is 8.47. The molecule has 8 rings (SSSR count). The third-order valence-corrected chi connectivity index (χ3v) is 7.60. The van der Waals surface area contributed by atoms with Gasteiger partial charge in [-0.05, 0) is 57.6 Å². The van der Waals surface area contributed by atoms with Gasteiger partial charge < -0.3 is 4.42 Å². The van der Waals surface area contributed by atoms with Gasteiger partial charge in [0, 0.05) is 31.7 Å². The zero-order valence-electron chi connectivity index (χ0n) is 20.7. The van der Waals surface area contributed by atoms with Gasteiger partial charge in [0.25, 0.3) is 0 Å². The minimum Gasteiger partial charge on any atom is -0.476 e. The largest absolute Gasteiger partial charge is 0.476 e. The molecular weight excluding hydrogens is 701 g/mol. The van der Waals surface area contributed by atoms with E-state index in [2.05, 4.69) is 65.6 Å². The van der Waals surface area contributed by atoms with Gasteiger partial charge in [0.05, 0.1) is 11.1 Å². The summed E-state index contributed by atoms with van der Waals surface area (Å²) < 4.78 is 35.1. The molecule has 0 fully saturated rings. The van der Waals surface area contributed by atoms with Crippen LogP contribution in [-0.4, -0.2) is 22.9 Å². The topological polar surface area (TPSA) is 93.3 Å². The second-order valence-electron chi connectivity index (χ2n) is 9.13. The summed E-state index contributed by atoms with van der Waals surface area (Å²) in [5, 5.41) is 3.09. The standard InChI is InChI=1S/C27H14NO.C5H5NO3S.Ir/c1-2-8-17-16(7-1)18-10-5-12-22-26(18)21(17)15-23(28-22)19-11-6-14-25-27(19)20-9-3-4-13-24(20)29-25;7-10(8,9)5-3-1-2-4-6-5;/h1-10,12-15H;1-4H,(H,7,8,9);/q-1;;. The summed E-state index contributed by atoms with van der Waals surface area (Å²) in [6, 6.07) is 37.0. The van der Waals surface area contributed by atoms with Crippen LogP contribution in [-0.2, 0) is 30.2 Å². The van der Waals surface area contributed by atoms with Crippen molar-refractivity contribution in [3.63, 3.8) is 0 Å². The number of aromatic nitrogens is 2. The Bertz CT molecular complexity index is 2160. The molecule has 0 bridgehead atoms. The van der Waals surface area contributed by atoms with E-state index in [1.54, 1.807) is 6.07 Å². The Morgan fingerprint density at radius 3 is 2.20 bits per heavy atom. The first-order chi connectivity index (χ1) is 19.0. The molecule has 7 aromatic rings. The van der Waals surface area contributed by atoms with E-state index in [0.717, 1.165) is 38.7 Å². The maximum absolute atomic E-state index is 10.3. The first-order valence-corrected chi connectivity index (χ1v) is 13.7. The molecule has 0 saturated carbocycles. The molecule has 6 nitrogen and oxygen atoms in total. The van der Waals surface area contributed by atoms with Crippen molar-refractivity contribution in [2.75, 3.05) is 0 Å². The normalized spacial score (nSPS) is 11.6. The Morgan fingerprint density at radius 2 is 1.45 bits per heavy atom. The molecule has 0 amide bonds. The molecular formula is C32H19IrN2O4S-. The molecule has 0 unspecified atom stereocenters. The van der Waals surface area contributed by atoms with Crippen LogP contribution < -0.4 is 0 Å². The summed E-state index contributed by atoms with van der Waals surface area (Å²) in [6.07, 6.45) is 1.29. The zero-order chi connectivity index (χ0) is 26.6. The molecule has 1 N–H and O–H groups in total. The summed E-state index contributed by atoms with van der Waals surface area (Å²) in [5.74, 6) is 0. The van der Waals surface area contributed by atoms with Gasteiger partial charge in [0.2, 0.25) is 0 Å². The summed E-state index contributed by atoms with van der Waals surface area (Å²) >= 11 is 0. The molecule has 0 aliphatic heterocycles. The van der Waals surface area contributed by atoms with Crippen LogP contribution in [0.3, 0.4) is 0 Å². The van der Waals surface area contributed by atoms with Crippen LogP contribution in [0.2, 0.25) is 0 Å². The minimum atomic E-state index is -4.11. The maximum atomic E-state index is 10.3. The second-order valence-corrected chi connectivity index (χ2v) is 10.5. The zero-order valence-corrected chi connectivity index (χ0v) is 23.9. The molecule has 3 heterocycles. The molecule has 1 radical (unpaired) electrons. The number of furan rings is 1. The predicted molar refractivity (Wildman–Crippen MR) is 152 cm³/mol. The fourth-order valence-electron chi connectivity index (χ4n) is 5.22. The Hall–Kier alpha value is -4.20. The number of benzene rings is 4. The summed E-state index contributed by atoms with van der Waals surface area (Å²) in [7, 11) is -4.11. The molecule has 197 valence electrons. The van der Waals surface area contributed by atoms with Crippen molar-refractivity contribution in [1.82, 2.24) is 9.97 Å². The van der Waals surface area contributed by atoms with Crippen LogP contribution in [0, 0.1) is 6.07 Å². The summed E-state index contributed by atoms with van der Waals surface area (Å²) in [6.45, 7) is 0. The Balaban J connectivity index is 0.000000226. The average Bonchev–Trinajstić information content (AvgIpc) is 3.51. The number of fused-ring (bicyclic) bond motifs is 6. The van der Waals surface area contributed by atoms with Crippen molar-refractivity contribution >= 4 is 43.0 Å². The molecule has 0 atom stereocenters. The fourth-order valence-corrected chi connectivity index (χ4v) is 5.66. The fraction of sp³-hybridized carbons (Fsp3) is 0. The predicted octanol–water partition coefficient (Wildman–Crippen LogP) is 7.57. The van der Waals surface area contributed by atoms with Gasteiger partial charge in [0.15, 0.2) is 5.03 Å². The number of pyridine rings is 2. The van der Waals surface area contributed by atoms with Crippen molar-refractivity contribution in [3.8, 4) is 33.5 Å². The van der Waals surface area contributed by atoms with Crippen LogP contribution in [0.15, 0.2) is 119 Å². The van der Waals surface area contributed by atoms with Crippen molar-refractivity contribution in [1.29, 1.82) is 0 Å². The minimum absolute atomic E-state index is 0. The van der Waals surface area contributed by atoms with Crippen LogP contribution in [0.25, 0.3) is 66.4 Å². The van der Waals surface area contributed by atoms with E-state index in [1.807, 2.05) is 30.3 Å². The Labute approximate surface area is 243 Å². The average molecular weight is 720 g/mol. The number of nitrogens with zero attached hydrogens (tertiary/aromatic N) is 2. The second kappa shape index (κ2) is 10.1. The van der Waals surface area contributed by atoms with E-state index < -0.39 is 10.1 Å². The number of hydrogen-bond donors (Lipinski definition) is 1. The first-order valence-electron chi connectivity index (χ1n) is 12.2. The van der Waals surface area contributed by atoms with E-state index in [9.17, 15) is 8.42 Å². The molecule has 0 saturated heterocycles. The van der Waals surface area contributed by atoms with E-state index in [-0.39, 0.29) is 25.1 Å². The van der Waals surface area contributed by atoms with Gasteiger partial charge in [-0.2, -0.15) is 8.42 Å². The van der Waals surface area contributed by atoms with Crippen LogP contribution in [0.4, 0.5) is 0 Å². The van der Waals surface area contributed by atoms with Crippen molar-refractivity contribution in [2.24, 2.45) is 0 Å². The van der Waals surface area contributed by atoms with Gasteiger partial charge in [-0.3, -0.25) is 9.54 Å². The number of rotatable bonds is 2. The monoisotopic (exact) mass is 720 g/mol. The molecule has 1 aliphatic rings. The van der Waals surface area contributed by atoms with E-state index in [0.29, 0.717) is 0 Å². The molecule has 8 heteroatoms. The molecule has 1 aliphatic carbocycles. The molecule has 3 aromatic heterocycles. The third kappa shape index (κ3) is 4.31. The van der Waals surface area contributed by atoms with Gasteiger partial charge >= 0.3 is 10.1 Å². The van der Waals surface area contributed by atoms with E-state index in [1.165, 1.54) is 46.0 Å². The van der Waals surface area contributed by atoms with Gasteiger partial charge in [0.1, 0.15) is 5.58 Å². The van der Waals surface area contributed by atoms with Crippen LogP contribution in [0.5, 0.6) is 0 Å². The van der Waals surface area contributed by atoms with E-state index in [4.69, 9.17) is 14.0 Å². The van der Waals surface area contributed by atoms with Crippen molar-refractivity contribution < 1.29 is 37.5 Å². The van der Waals surface area contributed by atoms with Crippen molar-refractivity contribution in [3.05, 3.63) is 115 Å². The Kier molecular flexibility index (Phi) is 6.56. The molecule has 0 spiro atoms. The third-order valence-electron chi connectivity index (χ3n) is 6.83. The molecule has 40 heavy (non-hydrogen) atoms. The van der Waals surface area contributed by atoms with Gasteiger partial charge in [-0.1, -0.05) is 78.2 Å². The first kappa shape index (κ1) is 26.0. The smallest absolute Gasteiger partial charge is 0.312 e. The van der Waals surface area contributed by atoms with E-state index >= 15 is 0 Å².